The van der Waals surface area contributed by atoms with Gasteiger partial charge in [0, 0.05) is 0 Å². The minimum absolute atomic E-state index is 0.150. The Balaban J connectivity index is 2.20. The van der Waals surface area contributed by atoms with Gasteiger partial charge in [-0.05, 0) is 12.1 Å². The fourth-order valence-electron chi connectivity index (χ4n) is 1.66. The second-order valence-electron chi connectivity index (χ2n) is 4.15. The van der Waals surface area contributed by atoms with Crippen molar-refractivity contribution in [3.8, 4) is 0 Å². The van der Waals surface area contributed by atoms with Gasteiger partial charge in [0.25, 0.3) is 5.91 Å². The van der Waals surface area contributed by atoms with Crippen molar-refractivity contribution >= 4 is 17.7 Å². The van der Waals surface area contributed by atoms with Crippen molar-refractivity contribution in [2.45, 2.75) is 12.7 Å². The van der Waals surface area contributed by atoms with E-state index in [4.69, 9.17) is 5.11 Å². The number of nitrogens with one attached hydrogen (secondary N) is 1. The number of benzene rings is 1. The van der Waals surface area contributed by atoms with E-state index in [1.807, 2.05) is 0 Å². The van der Waals surface area contributed by atoms with Crippen LogP contribution in [0.15, 0.2) is 30.5 Å². The smallest absolute Gasteiger partial charge is 0.417 e. The fourth-order valence-corrected chi connectivity index (χ4v) is 1.66. The van der Waals surface area contributed by atoms with Gasteiger partial charge in [-0.25, -0.2) is 0 Å². The van der Waals surface area contributed by atoms with Gasteiger partial charge in [-0.2, -0.15) is 23.1 Å². The summed E-state index contributed by atoms with van der Waals surface area (Å²) < 4.78 is 38.5. The molecule has 0 spiro atoms. The first kappa shape index (κ1) is 15.5. The molecule has 0 aliphatic heterocycles. The lowest BCUT2D eigenvalue weighted by Crippen LogP contribution is -2.19. The maximum atomic E-state index is 12.8. The second kappa shape index (κ2) is 5.84. The minimum Gasteiger partial charge on any atom is -0.480 e. The number of aromatic nitrogens is 3. The Hall–Kier alpha value is -2.91. The highest BCUT2D eigenvalue weighted by Gasteiger charge is 2.34. The Labute approximate surface area is 121 Å². The topological polar surface area (TPSA) is 97.1 Å². The highest BCUT2D eigenvalue weighted by Crippen LogP contribution is 2.32. The van der Waals surface area contributed by atoms with Gasteiger partial charge in [-0.3, -0.25) is 9.59 Å². The van der Waals surface area contributed by atoms with Crippen molar-refractivity contribution in [3.63, 3.8) is 0 Å². The summed E-state index contributed by atoms with van der Waals surface area (Å²) in [6.45, 7) is -0.533. The van der Waals surface area contributed by atoms with E-state index in [0.717, 1.165) is 23.1 Å². The van der Waals surface area contributed by atoms with Crippen LogP contribution in [-0.2, 0) is 17.5 Å². The van der Waals surface area contributed by atoms with Crippen molar-refractivity contribution in [1.29, 1.82) is 0 Å². The molecule has 0 fully saturated rings. The molecular weight excluding hydrogens is 305 g/mol. The summed E-state index contributed by atoms with van der Waals surface area (Å²) in [5, 5.41) is 17.9. The summed E-state index contributed by atoms with van der Waals surface area (Å²) in [4.78, 5) is 23.2. The first-order chi connectivity index (χ1) is 10.3. The number of halogens is 3. The molecule has 0 aliphatic carbocycles. The number of aliphatic carboxylic acids is 1. The number of hydrogen-bond acceptors (Lipinski definition) is 4. The summed E-state index contributed by atoms with van der Waals surface area (Å²) in [6.07, 6.45) is -3.63. The first-order valence-electron chi connectivity index (χ1n) is 5.87. The van der Waals surface area contributed by atoms with Gasteiger partial charge < -0.3 is 10.4 Å². The second-order valence-corrected chi connectivity index (χ2v) is 4.15. The number of carbonyl (C=O) groups is 2. The SMILES string of the molecule is O=C(O)Cn1ncc(NC(=O)c2ccccc2C(F)(F)F)n1. The average Bonchev–Trinajstić information content (AvgIpc) is 2.84. The van der Waals surface area contributed by atoms with Crippen molar-refractivity contribution in [3.05, 3.63) is 41.6 Å². The predicted molar refractivity (Wildman–Crippen MR) is 67.1 cm³/mol. The maximum absolute atomic E-state index is 12.8. The molecular formula is C12H9F3N4O3. The van der Waals surface area contributed by atoms with Crippen LogP contribution in [-0.4, -0.2) is 32.0 Å². The third-order valence-corrected chi connectivity index (χ3v) is 2.53. The quantitative estimate of drug-likeness (QED) is 0.894. The maximum Gasteiger partial charge on any atom is 0.417 e. The van der Waals surface area contributed by atoms with Crippen LogP contribution in [0.25, 0.3) is 0 Å². The van der Waals surface area contributed by atoms with Crippen molar-refractivity contribution in [2.75, 3.05) is 5.32 Å². The number of amides is 1. The minimum atomic E-state index is -4.67. The average molecular weight is 314 g/mol. The van der Waals surface area contributed by atoms with E-state index >= 15 is 0 Å². The highest BCUT2D eigenvalue weighted by molar-refractivity contribution is 6.04. The fraction of sp³-hybridized carbons (Fsp3) is 0.167. The molecule has 22 heavy (non-hydrogen) atoms. The Morgan fingerprint density at radius 1 is 1.27 bits per heavy atom. The molecule has 0 unspecified atom stereocenters. The molecule has 0 saturated carbocycles. The Morgan fingerprint density at radius 3 is 2.59 bits per heavy atom. The van der Waals surface area contributed by atoms with Gasteiger partial charge in [0.1, 0.15) is 0 Å². The largest absolute Gasteiger partial charge is 0.480 e. The molecule has 1 aromatic heterocycles. The van der Waals surface area contributed by atoms with Crippen LogP contribution in [0.4, 0.5) is 19.0 Å². The molecule has 1 aromatic carbocycles. The van der Waals surface area contributed by atoms with Crippen LogP contribution in [0.3, 0.4) is 0 Å². The van der Waals surface area contributed by atoms with E-state index in [0.29, 0.717) is 0 Å². The van der Waals surface area contributed by atoms with E-state index in [1.54, 1.807) is 0 Å². The van der Waals surface area contributed by atoms with Crippen molar-refractivity contribution < 1.29 is 27.9 Å². The molecule has 116 valence electrons. The molecule has 0 bridgehead atoms. The van der Waals surface area contributed by atoms with Crippen LogP contribution in [0.1, 0.15) is 15.9 Å². The molecule has 1 heterocycles. The monoisotopic (exact) mass is 314 g/mol. The standard InChI is InChI=1S/C12H9F3N4O3/c13-12(14,15)8-4-2-1-3-7(8)11(22)17-9-5-16-19(18-9)6-10(20)21/h1-5H,6H2,(H,20,21)(H,17,18,22). The van der Waals surface area contributed by atoms with E-state index < -0.39 is 35.7 Å². The summed E-state index contributed by atoms with van der Waals surface area (Å²) in [5.41, 5.74) is -1.65. The zero-order chi connectivity index (χ0) is 16.3. The highest BCUT2D eigenvalue weighted by atomic mass is 19.4. The van der Waals surface area contributed by atoms with Crippen LogP contribution in [0.5, 0.6) is 0 Å². The molecule has 10 heteroatoms. The molecule has 1 amide bonds. The number of anilines is 1. The van der Waals surface area contributed by atoms with Gasteiger partial charge in [-0.15, -0.1) is 5.10 Å². The van der Waals surface area contributed by atoms with E-state index in [2.05, 4.69) is 15.5 Å². The number of carbonyl (C=O) groups excluding carboxylic acids is 1. The van der Waals surface area contributed by atoms with Gasteiger partial charge in [0.2, 0.25) is 0 Å². The van der Waals surface area contributed by atoms with Crippen LogP contribution < -0.4 is 5.32 Å². The van der Waals surface area contributed by atoms with Crippen molar-refractivity contribution in [2.24, 2.45) is 0 Å². The summed E-state index contributed by atoms with van der Waals surface area (Å²) in [5.74, 6) is -2.37. The zero-order valence-corrected chi connectivity index (χ0v) is 10.8. The van der Waals surface area contributed by atoms with Crippen LogP contribution in [0, 0.1) is 0 Å². The summed E-state index contributed by atoms with van der Waals surface area (Å²) in [6, 6.07) is 4.28. The Bertz CT molecular complexity index is 712. The van der Waals surface area contributed by atoms with E-state index in [-0.39, 0.29) is 5.82 Å². The van der Waals surface area contributed by atoms with E-state index in [1.165, 1.54) is 12.1 Å². The third kappa shape index (κ3) is 3.59. The van der Waals surface area contributed by atoms with Crippen LogP contribution in [0.2, 0.25) is 0 Å². The summed E-state index contributed by atoms with van der Waals surface area (Å²) >= 11 is 0. The number of hydrogen-bond donors (Lipinski definition) is 2. The van der Waals surface area contributed by atoms with Gasteiger partial charge in [0.05, 0.1) is 17.3 Å². The molecule has 0 radical (unpaired) electrons. The molecule has 2 aromatic rings. The molecule has 2 N–H and O–H groups in total. The van der Waals surface area contributed by atoms with Gasteiger partial charge in [-0.1, -0.05) is 12.1 Å². The number of nitrogens with zero attached hydrogens (tertiary/aromatic N) is 3. The Kier molecular flexibility index (Phi) is 4.11. The third-order valence-electron chi connectivity index (χ3n) is 2.53. The lowest BCUT2D eigenvalue weighted by molar-refractivity contribution is -0.138. The molecule has 7 nitrogen and oxygen atoms in total. The summed E-state index contributed by atoms with van der Waals surface area (Å²) in [7, 11) is 0. The molecule has 0 atom stereocenters. The Morgan fingerprint density at radius 2 is 1.95 bits per heavy atom. The number of carboxylic acid groups (broad SMARTS) is 1. The van der Waals surface area contributed by atoms with Gasteiger partial charge in [0.15, 0.2) is 12.4 Å². The number of rotatable bonds is 4. The lowest BCUT2D eigenvalue weighted by Gasteiger charge is -2.11. The predicted octanol–water partition coefficient (Wildman–Crippen LogP) is 1.63. The number of alkyl halides is 3. The van der Waals surface area contributed by atoms with Crippen LogP contribution >= 0.6 is 0 Å². The lowest BCUT2D eigenvalue weighted by atomic mass is 10.1. The first-order valence-corrected chi connectivity index (χ1v) is 5.87. The van der Waals surface area contributed by atoms with Crippen molar-refractivity contribution in [1.82, 2.24) is 15.0 Å². The number of carboxylic acids is 1. The zero-order valence-electron chi connectivity index (χ0n) is 10.8. The molecule has 0 aliphatic rings. The molecule has 0 saturated heterocycles. The normalized spacial score (nSPS) is 11.2. The van der Waals surface area contributed by atoms with E-state index in [9.17, 15) is 22.8 Å². The molecule has 2 rings (SSSR count). The van der Waals surface area contributed by atoms with Gasteiger partial charge >= 0.3 is 12.1 Å².